The average molecular weight is 387 g/mol. The molecule has 5 rings (SSSR count). The minimum atomic E-state index is 0.305. The van der Waals surface area contributed by atoms with E-state index in [-0.39, 0.29) is 0 Å². The molecule has 1 aromatic carbocycles. The Kier molecular flexibility index (Phi) is 4.01. The van der Waals surface area contributed by atoms with Gasteiger partial charge in [-0.3, -0.25) is 14.9 Å². The van der Waals surface area contributed by atoms with Crippen LogP contribution in [0.5, 0.6) is 0 Å². The summed E-state index contributed by atoms with van der Waals surface area (Å²) in [4.78, 5) is 9.41. The summed E-state index contributed by atoms with van der Waals surface area (Å²) in [6, 6.07) is 6.29. The predicted octanol–water partition coefficient (Wildman–Crippen LogP) is 4.05. The highest BCUT2D eigenvalue weighted by Gasteiger charge is 2.15. The van der Waals surface area contributed by atoms with Gasteiger partial charge < -0.3 is 5.32 Å². The van der Waals surface area contributed by atoms with Crippen molar-refractivity contribution in [3.63, 3.8) is 0 Å². The van der Waals surface area contributed by atoms with Crippen molar-refractivity contribution in [2.45, 2.75) is 26.8 Å². The van der Waals surface area contributed by atoms with Crippen LogP contribution in [0.25, 0.3) is 33.3 Å². The Bertz CT molecular complexity index is 1290. The van der Waals surface area contributed by atoms with Crippen molar-refractivity contribution < 1.29 is 0 Å². The second-order valence-electron chi connectivity index (χ2n) is 7.52. The molecular formula is C20H21N9. The summed E-state index contributed by atoms with van der Waals surface area (Å²) < 4.78 is 1.96. The molecule has 5 aromatic rings. The maximum Gasteiger partial charge on any atom is 0.162 e. The summed E-state index contributed by atoms with van der Waals surface area (Å²) in [5.74, 6) is 1.76. The highest BCUT2D eigenvalue weighted by atomic mass is 15.3. The fourth-order valence-corrected chi connectivity index (χ4v) is 3.20. The predicted molar refractivity (Wildman–Crippen MR) is 112 cm³/mol. The number of aromatic amines is 2. The first kappa shape index (κ1) is 17.4. The molecular weight excluding hydrogens is 366 g/mol. The van der Waals surface area contributed by atoms with E-state index in [9.17, 15) is 0 Å². The zero-order valence-electron chi connectivity index (χ0n) is 16.4. The minimum Gasteiger partial charge on any atom is -0.336 e. The molecule has 9 heteroatoms. The van der Waals surface area contributed by atoms with E-state index in [4.69, 9.17) is 4.98 Å². The molecule has 0 fully saturated rings. The standard InChI is InChI=1S/C20H21N9/c1-11(2)12(3)29-10-15(8-23-29)24-20-18-17(9-22-28-18)25-19(26-20)13-4-5-14-7-21-27-16(14)6-13/h4-12H,1-3H3,(H,21,27)(H,22,28)(H,24,25,26). The Labute approximate surface area is 166 Å². The first-order valence-corrected chi connectivity index (χ1v) is 9.54. The molecule has 4 heterocycles. The highest BCUT2D eigenvalue weighted by Crippen LogP contribution is 2.28. The largest absolute Gasteiger partial charge is 0.336 e. The highest BCUT2D eigenvalue weighted by molar-refractivity contribution is 5.89. The first-order valence-electron chi connectivity index (χ1n) is 9.54. The summed E-state index contributed by atoms with van der Waals surface area (Å²) in [5, 5.41) is 23.1. The van der Waals surface area contributed by atoms with Crippen LogP contribution in [0.1, 0.15) is 26.8 Å². The molecule has 0 amide bonds. The van der Waals surface area contributed by atoms with Gasteiger partial charge in [0, 0.05) is 17.1 Å². The molecule has 29 heavy (non-hydrogen) atoms. The zero-order chi connectivity index (χ0) is 20.0. The topological polar surface area (TPSA) is 113 Å². The third kappa shape index (κ3) is 3.10. The lowest BCUT2D eigenvalue weighted by atomic mass is 10.1. The number of hydrogen-bond donors (Lipinski definition) is 3. The number of anilines is 2. The number of rotatable bonds is 5. The quantitative estimate of drug-likeness (QED) is 0.419. The van der Waals surface area contributed by atoms with Crippen LogP contribution in [0, 0.1) is 5.92 Å². The number of H-pyrrole nitrogens is 2. The summed E-state index contributed by atoms with van der Waals surface area (Å²) in [5.41, 5.74) is 4.20. The Morgan fingerprint density at radius 2 is 1.86 bits per heavy atom. The van der Waals surface area contributed by atoms with E-state index in [2.05, 4.69) is 56.6 Å². The summed E-state index contributed by atoms with van der Waals surface area (Å²) in [7, 11) is 0. The molecule has 1 atom stereocenters. The molecule has 0 saturated carbocycles. The van der Waals surface area contributed by atoms with Gasteiger partial charge in [0.25, 0.3) is 0 Å². The Hall–Kier alpha value is -3.75. The maximum atomic E-state index is 4.75. The second kappa shape index (κ2) is 6.69. The molecule has 0 spiro atoms. The average Bonchev–Trinajstić information content (AvgIpc) is 3.46. The molecule has 0 aliphatic heterocycles. The smallest absolute Gasteiger partial charge is 0.162 e. The van der Waals surface area contributed by atoms with Gasteiger partial charge in [-0.25, -0.2) is 9.97 Å². The van der Waals surface area contributed by atoms with Crippen molar-refractivity contribution in [1.29, 1.82) is 0 Å². The van der Waals surface area contributed by atoms with Crippen LogP contribution in [-0.4, -0.2) is 40.1 Å². The zero-order valence-corrected chi connectivity index (χ0v) is 16.4. The van der Waals surface area contributed by atoms with Gasteiger partial charge >= 0.3 is 0 Å². The fraction of sp³-hybridized carbons (Fsp3) is 0.250. The summed E-state index contributed by atoms with van der Waals surface area (Å²) in [6.45, 7) is 6.52. The lowest BCUT2D eigenvalue weighted by Gasteiger charge is -2.15. The number of nitrogens with one attached hydrogen (secondary N) is 3. The summed E-state index contributed by atoms with van der Waals surface area (Å²) in [6.07, 6.45) is 7.29. The van der Waals surface area contributed by atoms with E-state index in [1.54, 1.807) is 18.6 Å². The van der Waals surface area contributed by atoms with E-state index >= 15 is 0 Å². The lowest BCUT2D eigenvalue weighted by Crippen LogP contribution is -2.11. The van der Waals surface area contributed by atoms with Crippen LogP contribution >= 0.6 is 0 Å². The van der Waals surface area contributed by atoms with Crippen molar-refractivity contribution >= 4 is 33.4 Å². The number of fused-ring (bicyclic) bond motifs is 2. The second-order valence-corrected chi connectivity index (χ2v) is 7.52. The van der Waals surface area contributed by atoms with Gasteiger partial charge in [-0.2, -0.15) is 15.3 Å². The monoisotopic (exact) mass is 387 g/mol. The molecule has 0 aliphatic carbocycles. The van der Waals surface area contributed by atoms with Crippen LogP contribution < -0.4 is 5.32 Å². The molecule has 1 unspecified atom stereocenters. The maximum absolute atomic E-state index is 4.75. The van der Waals surface area contributed by atoms with E-state index in [1.807, 2.05) is 29.1 Å². The van der Waals surface area contributed by atoms with E-state index in [0.717, 1.165) is 33.2 Å². The van der Waals surface area contributed by atoms with Gasteiger partial charge in [0.1, 0.15) is 11.0 Å². The number of nitrogens with zero attached hydrogens (tertiary/aromatic N) is 6. The number of benzene rings is 1. The SMILES string of the molecule is CC(C)C(C)n1cc(Nc2nc(-c3ccc4cn[nH]c4c3)nc3cn[nH]c23)cn1. The van der Waals surface area contributed by atoms with Crippen molar-refractivity contribution in [1.82, 2.24) is 40.1 Å². The molecule has 0 aliphatic rings. The van der Waals surface area contributed by atoms with E-state index < -0.39 is 0 Å². The van der Waals surface area contributed by atoms with Crippen LogP contribution in [0.4, 0.5) is 11.5 Å². The molecule has 4 aromatic heterocycles. The van der Waals surface area contributed by atoms with Crippen molar-refractivity contribution in [3.8, 4) is 11.4 Å². The van der Waals surface area contributed by atoms with Crippen LogP contribution in [0.15, 0.2) is 43.0 Å². The molecule has 0 bridgehead atoms. The number of aromatic nitrogens is 8. The summed E-state index contributed by atoms with van der Waals surface area (Å²) >= 11 is 0. The molecule has 0 radical (unpaired) electrons. The Morgan fingerprint density at radius 1 is 1.00 bits per heavy atom. The molecule has 146 valence electrons. The Morgan fingerprint density at radius 3 is 2.72 bits per heavy atom. The van der Waals surface area contributed by atoms with Gasteiger partial charge in [-0.05, 0) is 18.9 Å². The van der Waals surface area contributed by atoms with E-state index in [0.29, 0.717) is 23.6 Å². The lowest BCUT2D eigenvalue weighted by molar-refractivity contribution is 0.375. The first-order chi connectivity index (χ1) is 14.1. The third-order valence-electron chi connectivity index (χ3n) is 5.25. The van der Waals surface area contributed by atoms with Gasteiger partial charge in [0.2, 0.25) is 0 Å². The van der Waals surface area contributed by atoms with Crippen molar-refractivity contribution in [2.24, 2.45) is 5.92 Å². The van der Waals surface area contributed by atoms with Gasteiger partial charge in [-0.1, -0.05) is 26.0 Å². The third-order valence-corrected chi connectivity index (χ3v) is 5.25. The van der Waals surface area contributed by atoms with Gasteiger partial charge in [0.15, 0.2) is 11.6 Å². The molecule has 9 nitrogen and oxygen atoms in total. The van der Waals surface area contributed by atoms with E-state index in [1.165, 1.54) is 0 Å². The van der Waals surface area contributed by atoms with Gasteiger partial charge in [0.05, 0.1) is 35.8 Å². The van der Waals surface area contributed by atoms with Crippen LogP contribution in [-0.2, 0) is 0 Å². The Balaban J connectivity index is 1.54. The fourth-order valence-electron chi connectivity index (χ4n) is 3.20. The van der Waals surface area contributed by atoms with Crippen LogP contribution in [0.3, 0.4) is 0 Å². The van der Waals surface area contributed by atoms with Gasteiger partial charge in [-0.15, -0.1) is 0 Å². The minimum absolute atomic E-state index is 0.305. The normalized spacial score (nSPS) is 12.8. The van der Waals surface area contributed by atoms with Crippen molar-refractivity contribution in [2.75, 3.05) is 5.32 Å². The van der Waals surface area contributed by atoms with Crippen LogP contribution in [0.2, 0.25) is 0 Å². The number of hydrogen-bond acceptors (Lipinski definition) is 6. The molecule has 3 N–H and O–H groups in total. The van der Waals surface area contributed by atoms with Crippen molar-refractivity contribution in [3.05, 3.63) is 43.0 Å². The molecule has 0 saturated heterocycles.